The molecule has 0 aromatic rings. The second-order valence-electron chi connectivity index (χ2n) is 16.1. The molecule has 1 unspecified atom stereocenters. The van der Waals surface area contributed by atoms with Crippen LogP contribution < -0.4 is 5.73 Å². The maximum absolute atomic E-state index is 13.7. The summed E-state index contributed by atoms with van der Waals surface area (Å²) in [5.74, 6) is -1.40. The molecular weight excluding hydrogens is 809 g/mol. The number of nitrogens with two attached hydrogens (primary N) is 1. The Morgan fingerprint density at radius 2 is 1.17 bits per heavy atom. The van der Waals surface area contributed by atoms with Crippen LogP contribution in [0.2, 0.25) is 0 Å². The number of aliphatic hydroxyl groups excluding tert-OH is 6. The molecule has 9 N–H and O–H groups in total. The van der Waals surface area contributed by atoms with Gasteiger partial charge in [0.25, 0.3) is 0 Å². The van der Waals surface area contributed by atoms with Crippen LogP contribution in [0.1, 0.15) is 149 Å². The molecule has 2 aliphatic rings. The quantitative estimate of drug-likeness (QED) is 0.0266. The summed E-state index contributed by atoms with van der Waals surface area (Å²) >= 11 is 0. The van der Waals surface area contributed by atoms with Crippen LogP contribution >= 0.6 is 7.82 Å². The maximum Gasteiger partial charge on any atom is 0.472 e. The summed E-state index contributed by atoms with van der Waals surface area (Å²) in [6.45, 7) is 5.00. The van der Waals surface area contributed by atoms with Crippen molar-refractivity contribution < 1.29 is 82.4 Å². The zero-order chi connectivity index (χ0) is 44.5. The molecule has 354 valence electrons. The average Bonchev–Trinajstić information content (AvgIpc) is 3.22. The van der Waals surface area contributed by atoms with Gasteiger partial charge < -0.3 is 65.0 Å². The third-order valence-electron chi connectivity index (χ3n) is 10.9. The van der Waals surface area contributed by atoms with Gasteiger partial charge in [-0.2, -0.15) is 0 Å². The van der Waals surface area contributed by atoms with Crippen molar-refractivity contribution in [3.63, 3.8) is 0 Å². The maximum atomic E-state index is 13.7. The third-order valence-corrected chi connectivity index (χ3v) is 11.9. The number of hydrogen-bond donors (Lipinski definition) is 8. The summed E-state index contributed by atoms with van der Waals surface area (Å²) in [4.78, 5) is 37.0. The van der Waals surface area contributed by atoms with E-state index in [0.29, 0.717) is 25.9 Å². The Morgan fingerprint density at radius 3 is 1.75 bits per heavy atom. The van der Waals surface area contributed by atoms with Crippen molar-refractivity contribution >= 4 is 19.8 Å². The fourth-order valence-corrected chi connectivity index (χ4v) is 8.16. The van der Waals surface area contributed by atoms with Crippen LogP contribution in [0.4, 0.5) is 0 Å². The molecule has 13 atom stereocenters. The van der Waals surface area contributed by atoms with Gasteiger partial charge in [0.1, 0.15) is 54.9 Å². The summed E-state index contributed by atoms with van der Waals surface area (Å²) in [5, 5.41) is 63.6. The first-order chi connectivity index (χ1) is 28.7. The van der Waals surface area contributed by atoms with Crippen molar-refractivity contribution in [1.29, 1.82) is 0 Å². The lowest BCUT2D eigenvalue weighted by Crippen LogP contribution is -2.69. The van der Waals surface area contributed by atoms with E-state index in [2.05, 4.69) is 13.8 Å². The summed E-state index contributed by atoms with van der Waals surface area (Å²) in [5.41, 5.74) is 6.05. The molecule has 0 spiro atoms. The van der Waals surface area contributed by atoms with Crippen molar-refractivity contribution in [2.45, 2.75) is 223 Å². The number of ether oxygens (including phenoxy) is 5. The van der Waals surface area contributed by atoms with Gasteiger partial charge >= 0.3 is 19.8 Å². The van der Waals surface area contributed by atoms with Gasteiger partial charge in [-0.05, 0) is 19.3 Å². The van der Waals surface area contributed by atoms with E-state index in [-0.39, 0.29) is 19.4 Å². The summed E-state index contributed by atoms with van der Waals surface area (Å²) < 4.78 is 52.8. The Hall–Kier alpha value is -1.35. The number of carbonyl (C=O) groups excluding carboxylic acids is 2. The topological polar surface area (TPSA) is 283 Å². The predicted octanol–water partition coefficient (Wildman–Crippen LogP) is 3.44. The van der Waals surface area contributed by atoms with Gasteiger partial charge in [-0.25, -0.2) is 4.57 Å². The molecule has 1 aliphatic carbocycles. The first-order valence-corrected chi connectivity index (χ1v) is 23.9. The van der Waals surface area contributed by atoms with E-state index in [1.165, 1.54) is 25.7 Å². The first-order valence-electron chi connectivity index (χ1n) is 22.4. The van der Waals surface area contributed by atoms with Crippen LogP contribution in [0, 0.1) is 0 Å². The number of hydrogen-bond acceptors (Lipinski definition) is 17. The average molecular weight is 888 g/mol. The lowest BCUT2D eigenvalue weighted by atomic mass is 9.84. The highest BCUT2D eigenvalue weighted by atomic mass is 31.2. The van der Waals surface area contributed by atoms with Gasteiger partial charge in [0, 0.05) is 19.4 Å². The molecule has 19 heteroatoms. The van der Waals surface area contributed by atoms with E-state index in [1.54, 1.807) is 0 Å². The van der Waals surface area contributed by atoms with Gasteiger partial charge in [0.15, 0.2) is 12.4 Å². The van der Waals surface area contributed by atoms with Gasteiger partial charge in [-0.3, -0.25) is 18.6 Å². The fraction of sp³-hybridized carbons (Fsp3) is 0.951. The summed E-state index contributed by atoms with van der Waals surface area (Å²) in [6.07, 6.45) is -2.59. The number of phosphoric acid groups is 1. The zero-order valence-electron chi connectivity index (χ0n) is 36.1. The zero-order valence-corrected chi connectivity index (χ0v) is 37.0. The molecule has 2 fully saturated rings. The van der Waals surface area contributed by atoms with Gasteiger partial charge in [-0.15, -0.1) is 0 Å². The Labute approximate surface area is 356 Å². The molecule has 1 heterocycles. The second-order valence-corrected chi connectivity index (χ2v) is 17.5. The van der Waals surface area contributed by atoms with Crippen molar-refractivity contribution in [2.75, 3.05) is 26.4 Å². The Kier molecular flexibility index (Phi) is 28.0. The second kappa shape index (κ2) is 30.7. The number of unbranched alkanes of at least 4 members (excludes halogenated alkanes) is 15. The third kappa shape index (κ3) is 20.0. The van der Waals surface area contributed by atoms with Gasteiger partial charge in [0.05, 0.1) is 25.9 Å². The van der Waals surface area contributed by atoms with Crippen LogP contribution in [0.25, 0.3) is 0 Å². The van der Waals surface area contributed by atoms with E-state index in [9.17, 15) is 49.7 Å². The molecule has 60 heavy (non-hydrogen) atoms. The van der Waals surface area contributed by atoms with Crippen molar-refractivity contribution in [1.82, 2.24) is 0 Å². The van der Waals surface area contributed by atoms with Crippen molar-refractivity contribution in [2.24, 2.45) is 5.73 Å². The lowest BCUT2D eigenvalue weighted by Gasteiger charge is -2.48. The first kappa shape index (κ1) is 54.8. The van der Waals surface area contributed by atoms with Gasteiger partial charge in [-0.1, -0.05) is 117 Å². The van der Waals surface area contributed by atoms with E-state index in [0.717, 1.165) is 70.6 Å². The highest BCUT2D eigenvalue weighted by molar-refractivity contribution is 7.47. The molecule has 0 amide bonds. The SMILES string of the molecule is CCCCCCCCCCOC[C@H](COP(=O)(O)O[C@@H]1[C@H](OC(=O)CCCCCC)[C@H](O)[C@@H](O)[C@H](O)[C@H]1O[C@H]1O[C@H](CO)[C@@H](O)[C@H](O)[C@H]1N)OC(=O)CCCCCCCC. The molecule has 0 aromatic heterocycles. The molecular formula is C41H78NO17P. The monoisotopic (exact) mass is 888 g/mol. The highest BCUT2D eigenvalue weighted by Crippen LogP contribution is 2.48. The molecule has 0 bridgehead atoms. The van der Waals surface area contributed by atoms with Crippen LogP contribution in [-0.2, 0) is 46.9 Å². The van der Waals surface area contributed by atoms with Crippen molar-refractivity contribution in [3.05, 3.63) is 0 Å². The van der Waals surface area contributed by atoms with Crippen LogP contribution in [-0.4, -0.2) is 147 Å². The summed E-state index contributed by atoms with van der Waals surface area (Å²) in [7, 11) is -5.31. The molecule has 1 saturated heterocycles. The van der Waals surface area contributed by atoms with E-state index < -0.39 is 106 Å². The molecule has 1 saturated carbocycles. The Balaban J connectivity index is 2.26. The Morgan fingerprint density at radius 1 is 0.650 bits per heavy atom. The number of esters is 2. The smallest absolute Gasteiger partial charge is 0.457 e. The van der Waals surface area contributed by atoms with Crippen molar-refractivity contribution in [3.8, 4) is 0 Å². The van der Waals surface area contributed by atoms with Crippen LogP contribution in [0.5, 0.6) is 0 Å². The predicted molar refractivity (Wildman–Crippen MR) is 219 cm³/mol. The lowest BCUT2D eigenvalue weighted by molar-refractivity contribution is -0.316. The van der Waals surface area contributed by atoms with Gasteiger partial charge in [0.2, 0.25) is 0 Å². The number of aliphatic hydroxyl groups is 6. The number of phosphoric ester groups is 1. The fourth-order valence-electron chi connectivity index (χ4n) is 7.19. The molecule has 18 nitrogen and oxygen atoms in total. The summed E-state index contributed by atoms with van der Waals surface area (Å²) in [6, 6.07) is -1.52. The van der Waals surface area contributed by atoms with E-state index in [1.807, 2.05) is 6.92 Å². The van der Waals surface area contributed by atoms with E-state index >= 15 is 0 Å². The molecule has 2 rings (SSSR count). The number of carbonyl (C=O) groups is 2. The largest absolute Gasteiger partial charge is 0.472 e. The Bertz CT molecular complexity index is 1200. The van der Waals surface area contributed by atoms with Crippen LogP contribution in [0.3, 0.4) is 0 Å². The highest BCUT2D eigenvalue weighted by Gasteiger charge is 2.57. The molecule has 0 aromatic carbocycles. The van der Waals surface area contributed by atoms with E-state index in [4.69, 9.17) is 38.5 Å². The minimum absolute atomic E-state index is 0.114. The molecule has 1 aliphatic heterocycles. The minimum atomic E-state index is -5.31. The standard InChI is InChI=1S/C41H78NO17P/c1-4-7-10-13-15-16-18-21-24-53-26-28(55-30(44)22-20-17-14-11-8-5-2)27-54-60(51,52)59-40-38(57-31(45)23-19-12-9-6-3)36(49)35(48)37(50)39(40)58-41-32(42)34(47)33(46)29(25-43)56-41/h28-29,32-41,43,46-50H,4-27,42H2,1-3H3,(H,51,52)/t28-,29-,32-,33-,34-,35-,36-,37+,38-,39-,40-,41-/m1/s1. The minimum Gasteiger partial charge on any atom is -0.457 e. The number of rotatable bonds is 33. The normalized spacial score (nSPS) is 29.8. The molecule has 0 radical (unpaired) electrons. The van der Waals surface area contributed by atoms with Crippen LogP contribution in [0.15, 0.2) is 0 Å².